The Labute approximate surface area is 139 Å². The molecule has 0 atom stereocenters. The molecule has 0 aliphatic carbocycles. The normalized spacial score (nSPS) is 11.6. The van der Waals surface area contributed by atoms with Gasteiger partial charge in [0, 0.05) is 30.7 Å². The molecule has 124 valence electrons. The van der Waals surface area contributed by atoms with Crippen molar-refractivity contribution in [3.8, 4) is 11.3 Å². The fourth-order valence-electron chi connectivity index (χ4n) is 2.32. The van der Waals surface area contributed by atoms with Crippen LogP contribution in [-0.2, 0) is 16.6 Å². The van der Waals surface area contributed by atoms with E-state index in [0.717, 1.165) is 16.8 Å². The van der Waals surface area contributed by atoms with E-state index in [0.29, 0.717) is 5.69 Å². The summed E-state index contributed by atoms with van der Waals surface area (Å²) in [5, 5.41) is 3.67. The van der Waals surface area contributed by atoms with Crippen LogP contribution in [0.25, 0.3) is 11.3 Å². The van der Waals surface area contributed by atoms with E-state index in [4.69, 9.17) is 4.52 Å². The molecule has 3 rings (SSSR count). The molecule has 0 fully saturated rings. The summed E-state index contributed by atoms with van der Waals surface area (Å²) < 4.78 is 32.2. The van der Waals surface area contributed by atoms with E-state index >= 15 is 0 Å². The number of sulfonamides is 1. The summed E-state index contributed by atoms with van der Waals surface area (Å²) in [6.45, 7) is 3.29. The number of rotatable bonds is 5. The summed E-state index contributed by atoms with van der Waals surface area (Å²) in [5.74, 6) is 0.269. The van der Waals surface area contributed by atoms with E-state index in [1.807, 2.05) is 24.3 Å². The molecule has 0 saturated heterocycles. The number of hydrogen-bond donors (Lipinski definition) is 1. The van der Waals surface area contributed by atoms with E-state index < -0.39 is 10.0 Å². The van der Waals surface area contributed by atoms with Crippen molar-refractivity contribution < 1.29 is 12.9 Å². The largest absolute Gasteiger partial charge is 0.360 e. The Hall–Kier alpha value is -2.58. The first kappa shape index (κ1) is 16.3. The molecule has 3 heterocycles. The fourth-order valence-corrected chi connectivity index (χ4v) is 3.67. The predicted molar refractivity (Wildman–Crippen MR) is 87.5 cm³/mol. The second-order valence-corrected chi connectivity index (χ2v) is 6.98. The first-order chi connectivity index (χ1) is 11.5. The van der Waals surface area contributed by atoms with Gasteiger partial charge in [-0.3, -0.25) is 9.97 Å². The molecule has 0 spiro atoms. The van der Waals surface area contributed by atoms with E-state index in [2.05, 4.69) is 19.8 Å². The van der Waals surface area contributed by atoms with Gasteiger partial charge in [0.1, 0.15) is 10.6 Å². The molecule has 0 saturated carbocycles. The van der Waals surface area contributed by atoms with Crippen LogP contribution in [0.15, 0.2) is 52.3 Å². The van der Waals surface area contributed by atoms with Gasteiger partial charge in [-0.1, -0.05) is 11.2 Å². The summed E-state index contributed by atoms with van der Waals surface area (Å²) in [6.07, 6.45) is 5.06. The molecular formula is C16H16N4O3S. The third-order valence-electron chi connectivity index (χ3n) is 3.48. The summed E-state index contributed by atoms with van der Waals surface area (Å²) >= 11 is 0. The summed E-state index contributed by atoms with van der Waals surface area (Å²) in [5.41, 5.74) is 2.77. The van der Waals surface area contributed by atoms with Crippen molar-refractivity contribution in [2.75, 3.05) is 0 Å². The van der Waals surface area contributed by atoms with E-state index in [1.54, 1.807) is 32.4 Å². The lowest BCUT2D eigenvalue weighted by Crippen LogP contribution is -2.24. The zero-order chi connectivity index (χ0) is 17.2. The molecule has 0 aliphatic heterocycles. The van der Waals surface area contributed by atoms with Crippen LogP contribution >= 0.6 is 0 Å². The SMILES string of the molecule is Cc1noc(C)c1S(=O)(=O)NCc1ccc(-c2cccnc2)nc1. The maximum absolute atomic E-state index is 12.4. The number of aryl methyl sites for hydroxylation is 2. The topological polar surface area (TPSA) is 98.0 Å². The summed E-state index contributed by atoms with van der Waals surface area (Å²) in [7, 11) is -3.68. The first-order valence-electron chi connectivity index (χ1n) is 7.25. The van der Waals surface area contributed by atoms with Crippen LogP contribution in [0.1, 0.15) is 17.0 Å². The number of aromatic nitrogens is 3. The molecule has 0 bridgehead atoms. The Morgan fingerprint density at radius 1 is 1.17 bits per heavy atom. The smallest absolute Gasteiger partial charge is 0.246 e. The highest BCUT2D eigenvalue weighted by atomic mass is 32.2. The van der Waals surface area contributed by atoms with Crippen LogP contribution in [0.3, 0.4) is 0 Å². The molecule has 7 nitrogen and oxygen atoms in total. The van der Waals surface area contributed by atoms with Gasteiger partial charge < -0.3 is 4.52 Å². The lowest BCUT2D eigenvalue weighted by atomic mass is 10.1. The number of pyridine rings is 2. The van der Waals surface area contributed by atoms with Gasteiger partial charge in [-0.25, -0.2) is 13.1 Å². The third-order valence-corrected chi connectivity index (χ3v) is 5.13. The molecule has 0 amide bonds. The Balaban J connectivity index is 1.73. The highest BCUT2D eigenvalue weighted by molar-refractivity contribution is 7.89. The second-order valence-electron chi connectivity index (χ2n) is 5.27. The second kappa shape index (κ2) is 6.50. The molecule has 1 N–H and O–H groups in total. The average molecular weight is 344 g/mol. The zero-order valence-corrected chi connectivity index (χ0v) is 14.0. The molecule has 3 aromatic rings. The van der Waals surface area contributed by atoms with Gasteiger partial charge in [-0.2, -0.15) is 0 Å². The first-order valence-corrected chi connectivity index (χ1v) is 8.73. The van der Waals surface area contributed by atoms with Crippen molar-refractivity contribution >= 4 is 10.0 Å². The van der Waals surface area contributed by atoms with Crippen molar-refractivity contribution in [1.82, 2.24) is 19.8 Å². The Bertz CT molecular complexity index is 916. The van der Waals surface area contributed by atoms with Crippen molar-refractivity contribution in [2.24, 2.45) is 0 Å². The van der Waals surface area contributed by atoms with Gasteiger partial charge in [-0.15, -0.1) is 0 Å². The van der Waals surface area contributed by atoms with Crippen molar-refractivity contribution in [3.05, 3.63) is 59.9 Å². The summed E-state index contributed by atoms with van der Waals surface area (Å²) in [4.78, 5) is 8.48. The molecule has 0 aliphatic rings. The van der Waals surface area contributed by atoms with Crippen LogP contribution in [-0.4, -0.2) is 23.5 Å². The van der Waals surface area contributed by atoms with Crippen LogP contribution < -0.4 is 4.72 Å². The molecule has 0 radical (unpaired) electrons. The minimum Gasteiger partial charge on any atom is -0.360 e. The Morgan fingerprint density at radius 3 is 2.58 bits per heavy atom. The highest BCUT2D eigenvalue weighted by Gasteiger charge is 2.23. The van der Waals surface area contributed by atoms with E-state index in [-0.39, 0.29) is 17.2 Å². The average Bonchev–Trinajstić information content (AvgIpc) is 2.94. The molecule has 8 heteroatoms. The molecular weight excluding hydrogens is 328 g/mol. The Morgan fingerprint density at radius 2 is 2.00 bits per heavy atom. The van der Waals surface area contributed by atoms with Crippen LogP contribution in [0.5, 0.6) is 0 Å². The van der Waals surface area contributed by atoms with Crippen molar-refractivity contribution in [2.45, 2.75) is 25.3 Å². The minimum atomic E-state index is -3.68. The van der Waals surface area contributed by atoms with Gasteiger partial charge in [0.15, 0.2) is 5.76 Å². The van der Waals surface area contributed by atoms with E-state index in [1.165, 1.54) is 0 Å². The number of nitrogens with zero attached hydrogens (tertiary/aromatic N) is 3. The van der Waals surface area contributed by atoms with Gasteiger partial charge >= 0.3 is 0 Å². The van der Waals surface area contributed by atoms with Crippen LogP contribution in [0.4, 0.5) is 0 Å². The maximum Gasteiger partial charge on any atom is 0.246 e. The standard InChI is InChI=1S/C16H16N4O3S/c1-11-16(12(2)23-20-11)24(21,22)19-9-13-5-6-15(18-8-13)14-4-3-7-17-10-14/h3-8,10,19H,9H2,1-2H3. The van der Waals surface area contributed by atoms with Crippen molar-refractivity contribution in [1.29, 1.82) is 0 Å². The molecule has 3 aromatic heterocycles. The highest BCUT2D eigenvalue weighted by Crippen LogP contribution is 2.19. The molecule has 0 unspecified atom stereocenters. The maximum atomic E-state index is 12.4. The van der Waals surface area contributed by atoms with Crippen molar-refractivity contribution in [3.63, 3.8) is 0 Å². The van der Waals surface area contributed by atoms with Crippen LogP contribution in [0, 0.1) is 13.8 Å². The monoisotopic (exact) mass is 344 g/mol. The quantitative estimate of drug-likeness (QED) is 0.762. The lowest BCUT2D eigenvalue weighted by molar-refractivity contribution is 0.390. The Kier molecular flexibility index (Phi) is 4.41. The summed E-state index contributed by atoms with van der Waals surface area (Å²) in [6, 6.07) is 7.40. The predicted octanol–water partition coefficient (Wildman–Crippen LogP) is 2.23. The fraction of sp³-hybridized carbons (Fsp3) is 0.188. The lowest BCUT2D eigenvalue weighted by Gasteiger charge is -2.07. The molecule has 24 heavy (non-hydrogen) atoms. The third kappa shape index (κ3) is 3.34. The van der Waals surface area contributed by atoms with Gasteiger partial charge in [0.05, 0.1) is 5.69 Å². The molecule has 0 aromatic carbocycles. The zero-order valence-electron chi connectivity index (χ0n) is 13.2. The van der Waals surface area contributed by atoms with Gasteiger partial charge in [0.2, 0.25) is 10.0 Å². The van der Waals surface area contributed by atoms with Gasteiger partial charge in [0.25, 0.3) is 0 Å². The van der Waals surface area contributed by atoms with E-state index in [9.17, 15) is 8.42 Å². The minimum absolute atomic E-state index is 0.0856. The van der Waals surface area contributed by atoms with Gasteiger partial charge in [-0.05, 0) is 37.6 Å². The number of nitrogens with one attached hydrogen (secondary N) is 1. The number of hydrogen-bond acceptors (Lipinski definition) is 6. The van der Waals surface area contributed by atoms with Crippen LogP contribution in [0.2, 0.25) is 0 Å².